The number of hydrogen-bond acceptors (Lipinski definition) is 4. The van der Waals surface area contributed by atoms with Crippen LogP contribution in [-0.2, 0) is 9.84 Å². The number of ether oxygens (including phenoxy) is 1. The third kappa shape index (κ3) is 6.02. The average Bonchev–Trinajstić information content (AvgIpc) is 2.28. The van der Waals surface area contributed by atoms with Crippen molar-refractivity contribution in [2.75, 3.05) is 24.7 Å². The molecule has 0 spiro atoms. The van der Waals surface area contributed by atoms with Crippen LogP contribution in [0.5, 0.6) is 5.75 Å². The maximum absolute atomic E-state index is 11.4. The van der Waals surface area contributed by atoms with Crippen molar-refractivity contribution in [3.8, 4) is 5.75 Å². The topological polar surface area (TPSA) is 69.4 Å². The highest BCUT2D eigenvalue weighted by Crippen LogP contribution is 2.12. The molecule has 0 aliphatic heterocycles. The Labute approximate surface area is 109 Å². The Morgan fingerprint density at radius 3 is 2.67 bits per heavy atom. The van der Waals surface area contributed by atoms with Crippen molar-refractivity contribution in [2.45, 2.75) is 19.8 Å². The normalized spacial score (nSPS) is 11.4. The quantitative estimate of drug-likeness (QED) is 0.728. The van der Waals surface area contributed by atoms with E-state index < -0.39 is 9.84 Å². The second kappa shape index (κ2) is 7.38. The number of rotatable bonds is 8. The maximum atomic E-state index is 11.4. The van der Waals surface area contributed by atoms with Crippen molar-refractivity contribution in [1.29, 1.82) is 0 Å². The van der Waals surface area contributed by atoms with Crippen LogP contribution in [0.15, 0.2) is 24.3 Å². The minimum atomic E-state index is -2.96. The first-order valence-electron chi connectivity index (χ1n) is 6.13. The summed E-state index contributed by atoms with van der Waals surface area (Å²) < 4.78 is 28.3. The van der Waals surface area contributed by atoms with E-state index in [9.17, 15) is 8.42 Å². The second-order valence-corrected chi connectivity index (χ2v) is 6.62. The summed E-state index contributed by atoms with van der Waals surface area (Å²) in [6.07, 6.45) is 1.35. The molecule has 0 saturated carbocycles. The van der Waals surface area contributed by atoms with Crippen LogP contribution in [0.4, 0.5) is 0 Å². The molecule has 0 atom stereocenters. The van der Waals surface area contributed by atoms with Crippen molar-refractivity contribution in [3.63, 3.8) is 0 Å². The largest absolute Gasteiger partial charge is 0.494 e. The molecule has 0 bridgehead atoms. The zero-order valence-corrected chi connectivity index (χ0v) is 11.6. The third-order valence-corrected chi connectivity index (χ3v) is 4.31. The summed E-state index contributed by atoms with van der Waals surface area (Å²) in [5.41, 5.74) is 6.38. The van der Waals surface area contributed by atoms with Gasteiger partial charge in [-0.15, -0.1) is 0 Å². The Morgan fingerprint density at radius 1 is 1.22 bits per heavy atom. The predicted octanol–water partition coefficient (Wildman–Crippen LogP) is 1.53. The fourth-order valence-corrected chi connectivity index (χ4v) is 2.81. The van der Waals surface area contributed by atoms with E-state index in [0.29, 0.717) is 13.0 Å². The van der Waals surface area contributed by atoms with Crippen LogP contribution in [0.25, 0.3) is 0 Å². The Morgan fingerprint density at radius 2 is 2.00 bits per heavy atom. The highest BCUT2D eigenvalue weighted by atomic mass is 32.2. The summed E-state index contributed by atoms with van der Waals surface area (Å²) in [5, 5.41) is 0. The second-order valence-electron chi connectivity index (χ2n) is 4.31. The zero-order valence-electron chi connectivity index (χ0n) is 10.8. The molecular formula is C13H21NO3S. The summed E-state index contributed by atoms with van der Waals surface area (Å²) in [4.78, 5) is 0. The first kappa shape index (κ1) is 15.0. The van der Waals surface area contributed by atoms with Crippen molar-refractivity contribution in [1.82, 2.24) is 0 Å². The van der Waals surface area contributed by atoms with Gasteiger partial charge in [0, 0.05) is 6.54 Å². The third-order valence-electron chi connectivity index (χ3n) is 2.54. The van der Waals surface area contributed by atoms with Gasteiger partial charge in [-0.3, -0.25) is 0 Å². The molecule has 0 radical (unpaired) electrons. The van der Waals surface area contributed by atoms with Crippen LogP contribution in [0, 0.1) is 6.92 Å². The van der Waals surface area contributed by atoms with E-state index in [1.807, 2.05) is 31.2 Å². The van der Waals surface area contributed by atoms with Crippen LogP contribution in [0.1, 0.15) is 18.4 Å². The van der Waals surface area contributed by atoms with E-state index in [4.69, 9.17) is 10.5 Å². The van der Waals surface area contributed by atoms with Gasteiger partial charge in [0.15, 0.2) is 9.84 Å². The van der Waals surface area contributed by atoms with E-state index in [1.165, 1.54) is 0 Å². The molecule has 0 heterocycles. The lowest BCUT2D eigenvalue weighted by molar-refractivity contribution is 0.309. The van der Waals surface area contributed by atoms with Crippen molar-refractivity contribution >= 4 is 9.84 Å². The van der Waals surface area contributed by atoms with Crippen molar-refractivity contribution in [2.24, 2.45) is 5.73 Å². The number of hydrogen-bond donors (Lipinski definition) is 1. The number of nitrogens with two attached hydrogens (primary N) is 1. The van der Waals surface area contributed by atoms with Crippen LogP contribution < -0.4 is 10.5 Å². The molecule has 2 N–H and O–H groups in total. The molecule has 0 aromatic heterocycles. The summed E-state index contributed by atoms with van der Waals surface area (Å²) in [5.74, 6) is 1.10. The average molecular weight is 271 g/mol. The van der Waals surface area contributed by atoms with Gasteiger partial charge < -0.3 is 10.5 Å². The van der Waals surface area contributed by atoms with Crippen LogP contribution in [0.2, 0.25) is 0 Å². The molecule has 5 heteroatoms. The van der Waals surface area contributed by atoms with Crippen LogP contribution in [-0.4, -0.2) is 33.1 Å². The number of aryl methyl sites for hydroxylation is 1. The van der Waals surface area contributed by atoms with Gasteiger partial charge in [-0.25, -0.2) is 8.42 Å². The minimum Gasteiger partial charge on any atom is -0.494 e. The lowest BCUT2D eigenvalue weighted by Crippen LogP contribution is -2.18. The molecule has 1 aromatic carbocycles. The number of unbranched alkanes of at least 4 members (excludes halogenated alkanes) is 1. The van der Waals surface area contributed by atoms with E-state index in [2.05, 4.69) is 0 Å². The maximum Gasteiger partial charge on any atom is 0.151 e. The highest BCUT2D eigenvalue weighted by Gasteiger charge is 2.08. The monoisotopic (exact) mass is 271 g/mol. The minimum absolute atomic E-state index is 0.0751. The molecule has 102 valence electrons. The molecule has 4 nitrogen and oxygen atoms in total. The molecule has 1 aromatic rings. The lowest BCUT2D eigenvalue weighted by atomic mass is 10.2. The highest BCUT2D eigenvalue weighted by molar-refractivity contribution is 7.91. The number of benzene rings is 1. The molecule has 0 fully saturated rings. The standard InChI is InChI=1S/C13H21NO3S/c1-12-5-4-6-13(11-12)17-8-2-3-9-18(15,16)10-7-14/h4-6,11H,2-3,7-10,14H2,1H3. The Hall–Kier alpha value is -1.07. The van der Waals surface area contributed by atoms with Gasteiger partial charge in [-0.2, -0.15) is 0 Å². The zero-order chi connectivity index (χ0) is 13.4. The lowest BCUT2D eigenvalue weighted by Gasteiger charge is -2.07. The molecule has 0 aliphatic carbocycles. The Balaban J connectivity index is 2.20. The predicted molar refractivity (Wildman–Crippen MR) is 73.6 cm³/mol. The smallest absolute Gasteiger partial charge is 0.151 e. The SMILES string of the molecule is Cc1cccc(OCCCCS(=O)(=O)CCN)c1. The molecule has 0 unspecified atom stereocenters. The molecule has 0 saturated heterocycles. The van der Waals surface area contributed by atoms with E-state index in [1.54, 1.807) is 0 Å². The van der Waals surface area contributed by atoms with E-state index >= 15 is 0 Å². The van der Waals surface area contributed by atoms with E-state index in [0.717, 1.165) is 17.7 Å². The van der Waals surface area contributed by atoms with Gasteiger partial charge in [0.1, 0.15) is 5.75 Å². The first-order chi connectivity index (χ1) is 8.53. The molecular weight excluding hydrogens is 250 g/mol. The first-order valence-corrected chi connectivity index (χ1v) is 7.95. The molecule has 18 heavy (non-hydrogen) atoms. The molecule has 0 amide bonds. The van der Waals surface area contributed by atoms with Crippen LogP contribution in [0.3, 0.4) is 0 Å². The van der Waals surface area contributed by atoms with E-state index in [-0.39, 0.29) is 18.1 Å². The summed E-state index contributed by atoms with van der Waals surface area (Å²) in [6.45, 7) is 2.75. The Bertz CT molecular complexity index is 457. The van der Waals surface area contributed by atoms with Gasteiger partial charge in [0.05, 0.1) is 18.1 Å². The van der Waals surface area contributed by atoms with Crippen LogP contribution >= 0.6 is 0 Å². The summed E-state index contributed by atoms with van der Waals surface area (Å²) >= 11 is 0. The van der Waals surface area contributed by atoms with Gasteiger partial charge in [0.25, 0.3) is 0 Å². The molecule has 1 rings (SSSR count). The van der Waals surface area contributed by atoms with Gasteiger partial charge in [-0.05, 0) is 37.5 Å². The fraction of sp³-hybridized carbons (Fsp3) is 0.538. The number of sulfone groups is 1. The molecule has 0 aliphatic rings. The van der Waals surface area contributed by atoms with Crippen molar-refractivity contribution < 1.29 is 13.2 Å². The summed E-state index contributed by atoms with van der Waals surface area (Å²) in [7, 11) is -2.96. The van der Waals surface area contributed by atoms with Gasteiger partial charge in [-0.1, -0.05) is 12.1 Å². The fourth-order valence-electron chi connectivity index (χ4n) is 1.60. The van der Waals surface area contributed by atoms with Crippen molar-refractivity contribution in [3.05, 3.63) is 29.8 Å². The Kier molecular flexibility index (Phi) is 6.15. The van der Waals surface area contributed by atoms with Gasteiger partial charge in [0.2, 0.25) is 0 Å². The van der Waals surface area contributed by atoms with Gasteiger partial charge >= 0.3 is 0 Å². The summed E-state index contributed by atoms with van der Waals surface area (Å²) in [6, 6.07) is 7.81.